The van der Waals surface area contributed by atoms with Crippen molar-refractivity contribution in [2.75, 3.05) is 5.32 Å². The number of carbonyl (C=O) groups is 1. The molecule has 3 aromatic carbocycles. The number of carbonyl (C=O) groups excluding carboxylic acids is 1. The van der Waals surface area contributed by atoms with E-state index in [1.807, 2.05) is 79.2 Å². The summed E-state index contributed by atoms with van der Waals surface area (Å²) in [6.07, 6.45) is 1.96. The number of fused-ring (bicyclic) bond motifs is 1. The number of aryl methyl sites for hydroxylation is 2. The molecular weight excluding hydrogens is 442 g/mol. The summed E-state index contributed by atoms with van der Waals surface area (Å²) in [4.78, 5) is 16.3. The van der Waals surface area contributed by atoms with E-state index in [0.29, 0.717) is 5.16 Å². The maximum Gasteiger partial charge on any atom is 0.237 e. The summed E-state index contributed by atoms with van der Waals surface area (Å²) >= 11 is 1.39. The molecule has 7 heteroatoms. The first-order valence-electron chi connectivity index (χ1n) is 11.1. The Balaban J connectivity index is 1.52. The molecule has 2 heterocycles. The van der Waals surface area contributed by atoms with E-state index in [9.17, 15) is 4.79 Å². The molecule has 0 fully saturated rings. The Morgan fingerprint density at radius 1 is 1.00 bits per heavy atom. The molecule has 0 aliphatic rings. The quantitative estimate of drug-likeness (QED) is 0.294. The normalized spacial score (nSPS) is 12.1. The van der Waals surface area contributed by atoms with Crippen LogP contribution in [0.1, 0.15) is 18.1 Å². The lowest BCUT2D eigenvalue weighted by Gasteiger charge is -2.15. The maximum absolute atomic E-state index is 13.0. The van der Waals surface area contributed by atoms with E-state index in [4.69, 9.17) is 0 Å². The number of amides is 1. The molecule has 34 heavy (non-hydrogen) atoms. The number of aromatic amines is 1. The van der Waals surface area contributed by atoms with Gasteiger partial charge in [0.2, 0.25) is 5.91 Å². The fraction of sp³-hybridized carbons (Fsp3) is 0.148. The van der Waals surface area contributed by atoms with Crippen LogP contribution in [0.5, 0.6) is 0 Å². The zero-order chi connectivity index (χ0) is 23.7. The molecule has 1 atom stereocenters. The Labute approximate surface area is 202 Å². The third-order valence-corrected chi connectivity index (χ3v) is 6.82. The van der Waals surface area contributed by atoms with Gasteiger partial charge in [-0.1, -0.05) is 60.3 Å². The number of H-pyrrole nitrogens is 1. The summed E-state index contributed by atoms with van der Waals surface area (Å²) in [6.45, 7) is 5.93. The van der Waals surface area contributed by atoms with E-state index in [1.54, 1.807) is 0 Å². The van der Waals surface area contributed by atoms with Crippen LogP contribution >= 0.6 is 11.8 Å². The Morgan fingerprint density at radius 3 is 2.62 bits per heavy atom. The van der Waals surface area contributed by atoms with Gasteiger partial charge in [0.05, 0.1) is 5.25 Å². The first kappa shape index (κ1) is 22.0. The molecule has 2 aromatic heterocycles. The van der Waals surface area contributed by atoms with E-state index in [-0.39, 0.29) is 11.2 Å². The maximum atomic E-state index is 13.0. The van der Waals surface area contributed by atoms with E-state index in [1.165, 1.54) is 11.8 Å². The van der Waals surface area contributed by atoms with Crippen LogP contribution in [0, 0.1) is 13.8 Å². The molecule has 0 saturated heterocycles. The van der Waals surface area contributed by atoms with Gasteiger partial charge in [-0.3, -0.25) is 9.36 Å². The number of hydrogen-bond acceptors (Lipinski definition) is 4. The van der Waals surface area contributed by atoms with E-state index >= 15 is 0 Å². The molecular formula is C27H25N5OS. The van der Waals surface area contributed by atoms with Crippen molar-refractivity contribution in [2.45, 2.75) is 31.2 Å². The molecule has 5 aromatic rings. The molecule has 1 amide bonds. The van der Waals surface area contributed by atoms with Crippen molar-refractivity contribution >= 4 is 34.3 Å². The Hall–Kier alpha value is -3.84. The highest BCUT2D eigenvalue weighted by atomic mass is 32.2. The third kappa shape index (κ3) is 4.22. The molecule has 170 valence electrons. The minimum atomic E-state index is -0.372. The molecule has 0 radical (unpaired) electrons. The summed E-state index contributed by atoms with van der Waals surface area (Å²) in [5, 5.41) is 13.5. The van der Waals surface area contributed by atoms with Gasteiger partial charge in [-0.15, -0.1) is 10.2 Å². The van der Waals surface area contributed by atoms with Crippen molar-refractivity contribution in [3.05, 3.63) is 90.1 Å². The van der Waals surface area contributed by atoms with E-state index < -0.39 is 0 Å². The minimum absolute atomic E-state index is 0.0771. The van der Waals surface area contributed by atoms with Gasteiger partial charge in [0.15, 0.2) is 11.0 Å². The molecule has 1 unspecified atom stereocenters. The number of anilines is 1. The average molecular weight is 468 g/mol. The largest absolute Gasteiger partial charge is 0.360 e. The van der Waals surface area contributed by atoms with Gasteiger partial charge in [-0.25, -0.2) is 0 Å². The number of hydrogen-bond donors (Lipinski definition) is 2. The van der Waals surface area contributed by atoms with Crippen LogP contribution in [0.2, 0.25) is 0 Å². The van der Waals surface area contributed by atoms with Crippen LogP contribution in [0.3, 0.4) is 0 Å². The topological polar surface area (TPSA) is 75.6 Å². The van der Waals surface area contributed by atoms with Crippen molar-refractivity contribution in [3.63, 3.8) is 0 Å². The zero-order valence-electron chi connectivity index (χ0n) is 19.2. The Bertz CT molecular complexity index is 1490. The van der Waals surface area contributed by atoms with Crippen LogP contribution in [0.4, 0.5) is 5.69 Å². The highest BCUT2D eigenvalue weighted by molar-refractivity contribution is 8.00. The summed E-state index contributed by atoms with van der Waals surface area (Å²) in [6, 6.07) is 24.1. The molecule has 0 aliphatic heterocycles. The lowest BCUT2D eigenvalue weighted by molar-refractivity contribution is -0.115. The van der Waals surface area contributed by atoms with Gasteiger partial charge in [0.1, 0.15) is 0 Å². The van der Waals surface area contributed by atoms with E-state index in [0.717, 1.165) is 44.8 Å². The standard InChI is InChI=1S/C27H25N5OS/c1-17-9-8-11-20(15-17)32-25(22-16-28-24-14-7-5-12-21(22)24)30-31-27(32)34-19(3)26(33)29-23-13-6-4-10-18(23)2/h4-16,19,28H,1-3H3,(H,29,33). The second kappa shape index (κ2) is 9.19. The van der Waals surface area contributed by atoms with Gasteiger partial charge in [-0.05, 0) is 56.2 Å². The minimum Gasteiger partial charge on any atom is -0.360 e. The number of aromatic nitrogens is 4. The number of nitrogens with one attached hydrogen (secondary N) is 2. The predicted octanol–water partition coefficient (Wildman–Crippen LogP) is 6.15. The third-order valence-electron chi connectivity index (χ3n) is 5.78. The van der Waals surface area contributed by atoms with Gasteiger partial charge in [0, 0.05) is 34.0 Å². The van der Waals surface area contributed by atoms with Crippen LogP contribution in [0.25, 0.3) is 28.0 Å². The monoisotopic (exact) mass is 467 g/mol. The second-order valence-electron chi connectivity index (χ2n) is 8.29. The Kier molecular flexibility index (Phi) is 5.94. The summed E-state index contributed by atoms with van der Waals surface area (Å²) in [5.41, 5.74) is 5.94. The summed E-state index contributed by atoms with van der Waals surface area (Å²) in [7, 11) is 0. The van der Waals surface area contributed by atoms with Crippen LogP contribution < -0.4 is 5.32 Å². The number of nitrogens with zero attached hydrogens (tertiary/aromatic N) is 3. The molecule has 5 rings (SSSR count). The van der Waals surface area contributed by atoms with Gasteiger partial charge in [-0.2, -0.15) is 0 Å². The van der Waals surface area contributed by atoms with Gasteiger partial charge in [0.25, 0.3) is 0 Å². The summed E-state index contributed by atoms with van der Waals surface area (Å²) in [5.74, 6) is 0.656. The molecule has 2 N–H and O–H groups in total. The lowest BCUT2D eigenvalue weighted by atomic mass is 10.1. The average Bonchev–Trinajstić information content (AvgIpc) is 3.44. The lowest BCUT2D eigenvalue weighted by Crippen LogP contribution is -2.23. The number of rotatable bonds is 6. The number of thioether (sulfide) groups is 1. The van der Waals surface area contributed by atoms with Gasteiger partial charge >= 0.3 is 0 Å². The van der Waals surface area contributed by atoms with Gasteiger partial charge < -0.3 is 10.3 Å². The first-order chi connectivity index (χ1) is 16.5. The van der Waals surface area contributed by atoms with E-state index in [2.05, 4.69) is 45.6 Å². The number of para-hydroxylation sites is 2. The van der Waals surface area contributed by atoms with Crippen molar-refractivity contribution < 1.29 is 4.79 Å². The SMILES string of the molecule is Cc1cccc(-n2c(SC(C)C(=O)Nc3ccccc3C)nnc2-c2c[nH]c3ccccc23)c1. The van der Waals surface area contributed by atoms with Crippen molar-refractivity contribution in [1.29, 1.82) is 0 Å². The molecule has 0 bridgehead atoms. The number of benzene rings is 3. The zero-order valence-corrected chi connectivity index (χ0v) is 20.1. The molecule has 6 nitrogen and oxygen atoms in total. The van der Waals surface area contributed by atoms with Crippen LogP contribution in [0.15, 0.2) is 84.1 Å². The van der Waals surface area contributed by atoms with Crippen LogP contribution in [-0.4, -0.2) is 30.9 Å². The molecule has 0 spiro atoms. The second-order valence-corrected chi connectivity index (χ2v) is 9.60. The smallest absolute Gasteiger partial charge is 0.237 e. The fourth-order valence-corrected chi connectivity index (χ4v) is 4.80. The van der Waals surface area contributed by atoms with Crippen molar-refractivity contribution in [1.82, 2.24) is 19.7 Å². The Morgan fingerprint density at radius 2 is 1.79 bits per heavy atom. The van der Waals surface area contributed by atoms with Crippen molar-refractivity contribution in [3.8, 4) is 17.1 Å². The predicted molar refractivity (Wildman–Crippen MR) is 139 cm³/mol. The summed E-state index contributed by atoms with van der Waals surface area (Å²) < 4.78 is 2.03. The highest BCUT2D eigenvalue weighted by Crippen LogP contribution is 2.34. The first-order valence-corrected chi connectivity index (χ1v) is 12.0. The van der Waals surface area contributed by atoms with Crippen molar-refractivity contribution in [2.24, 2.45) is 0 Å². The molecule has 0 saturated carbocycles. The molecule has 0 aliphatic carbocycles. The van der Waals surface area contributed by atoms with Crippen LogP contribution in [-0.2, 0) is 4.79 Å². The highest BCUT2D eigenvalue weighted by Gasteiger charge is 2.23. The fourth-order valence-electron chi connectivity index (χ4n) is 3.94.